The minimum absolute atomic E-state index is 0.665. The van der Waals surface area contributed by atoms with E-state index in [-0.39, 0.29) is 0 Å². The van der Waals surface area contributed by atoms with Crippen LogP contribution in [0.2, 0.25) is 0 Å². The van der Waals surface area contributed by atoms with Crippen molar-refractivity contribution in [1.29, 1.82) is 0 Å². The second kappa shape index (κ2) is 8.58. The molecule has 0 amide bonds. The van der Waals surface area contributed by atoms with E-state index in [9.17, 15) is 0 Å². The molecule has 1 fully saturated rings. The summed E-state index contributed by atoms with van der Waals surface area (Å²) in [6, 6.07) is 10.9. The van der Waals surface area contributed by atoms with E-state index >= 15 is 0 Å². The van der Waals surface area contributed by atoms with E-state index in [0.29, 0.717) is 5.92 Å². The summed E-state index contributed by atoms with van der Waals surface area (Å²) in [5, 5.41) is 3.73. The minimum atomic E-state index is 0.665. The first kappa shape index (κ1) is 16.5. The Hall–Kier alpha value is -0.820. The number of benzene rings is 1. The van der Waals surface area contributed by atoms with E-state index in [2.05, 4.69) is 56.4 Å². The lowest BCUT2D eigenvalue weighted by Crippen LogP contribution is -2.29. The number of hydrogen-bond donors (Lipinski definition) is 1. The Morgan fingerprint density at radius 1 is 1.05 bits per heavy atom. The zero-order valence-corrected chi connectivity index (χ0v) is 14.1. The van der Waals surface area contributed by atoms with Crippen molar-refractivity contribution in [3.8, 4) is 0 Å². The summed E-state index contributed by atoms with van der Waals surface area (Å²) in [7, 11) is 0. The molecule has 1 aromatic rings. The maximum atomic E-state index is 3.73. The van der Waals surface area contributed by atoms with Crippen LogP contribution in [0.5, 0.6) is 0 Å². The first-order valence-corrected chi connectivity index (χ1v) is 8.90. The summed E-state index contributed by atoms with van der Waals surface area (Å²) >= 11 is 0. The molecular formula is C20H33N. The molecule has 0 spiro atoms. The van der Waals surface area contributed by atoms with Crippen LogP contribution in [0.15, 0.2) is 30.3 Å². The van der Waals surface area contributed by atoms with Crippen molar-refractivity contribution in [2.45, 2.75) is 58.8 Å². The van der Waals surface area contributed by atoms with Gasteiger partial charge in [0.25, 0.3) is 0 Å². The molecule has 1 N–H and O–H groups in total. The lowest BCUT2D eigenvalue weighted by atomic mass is 9.83. The highest BCUT2D eigenvalue weighted by Crippen LogP contribution is 2.28. The summed E-state index contributed by atoms with van der Waals surface area (Å²) in [6.45, 7) is 9.54. The van der Waals surface area contributed by atoms with Gasteiger partial charge in [-0.3, -0.25) is 0 Å². The molecule has 1 saturated carbocycles. The molecule has 0 aliphatic heterocycles. The van der Waals surface area contributed by atoms with Crippen LogP contribution >= 0.6 is 0 Å². The molecular weight excluding hydrogens is 254 g/mol. The predicted octanol–water partition coefficient (Wildman–Crippen LogP) is 5.23. The van der Waals surface area contributed by atoms with Gasteiger partial charge < -0.3 is 5.32 Å². The Kier molecular flexibility index (Phi) is 6.76. The van der Waals surface area contributed by atoms with Gasteiger partial charge in [0, 0.05) is 0 Å². The third-order valence-electron chi connectivity index (χ3n) is 5.19. The van der Waals surface area contributed by atoms with Gasteiger partial charge in [0.2, 0.25) is 0 Å². The number of rotatable bonds is 7. The summed E-state index contributed by atoms with van der Waals surface area (Å²) in [6.07, 6.45) is 7.02. The van der Waals surface area contributed by atoms with E-state index in [1.165, 1.54) is 50.8 Å². The first-order chi connectivity index (χ1) is 10.1. The highest BCUT2D eigenvalue weighted by atomic mass is 14.9. The molecule has 1 heteroatoms. The molecule has 0 heterocycles. The number of hydrogen-bond acceptors (Lipinski definition) is 1. The van der Waals surface area contributed by atoms with Gasteiger partial charge in [-0.25, -0.2) is 0 Å². The van der Waals surface area contributed by atoms with Crippen molar-refractivity contribution < 1.29 is 0 Å². The van der Waals surface area contributed by atoms with E-state index in [1.807, 2.05) is 0 Å². The van der Waals surface area contributed by atoms with E-state index in [0.717, 1.165) is 17.8 Å². The predicted molar refractivity (Wildman–Crippen MR) is 92.6 cm³/mol. The van der Waals surface area contributed by atoms with Gasteiger partial charge in [0.05, 0.1) is 0 Å². The fourth-order valence-electron chi connectivity index (χ4n) is 3.67. The van der Waals surface area contributed by atoms with Crippen LogP contribution in [-0.2, 0) is 0 Å². The van der Waals surface area contributed by atoms with Gasteiger partial charge in [-0.15, -0.1) is 0 Å². The SMILES string of the molecule is CC1CCC(CNCC(C)CC(C)c2ccccc2)CC1. The van der Waals surface area contributed by atoms with Crippen LogP contribution in [-0.4, -0.2) is 13.1 Å². The molecule has 118 valence electrons. The van der Waals surface area contributed by atoms with Crippen molar-refractivity contribution in [3.05, 3.63) is 35.9 Å². The topological polar surface area (TPSA) is 12.0 Å². The lowest BCUT2D eigenvalue weighted by Gasteiger charge is -2.27. The molecule has 21 heavy (non-hydrogen) atoms. The third-order valence-corrected chi connectivity index (χ3v) is 5.19. The van der Waals surface area contributed by atoms with Crippen LogP contribution in [0, 0.1) is 17.8 Å². The fraction of sp³-hybridized carbons (Fsp3) is 0.700. The van der Waals surface area contributed by atoms with Crippen LogP contribution < -0.4 is 5.32 Å². The van der Waals surface area contributed by atoms with Crippen LogP contribution in [0.4, 0.5) is 0 Å². The highest BCUT2D eigenvalue weighted by molar-refractivity contribution is 5.18. The van der Waals surface area contributed by atoms with E-state index < -0.39 is 0 Å². The second-order valence-corrected chi connectivity index (χ2v) is 7.44. The van der Waals surface area contributed by atoms with Crippen LogP contribution in [0.25, 0.3) is 0 Å². The van der Waals surface area contributed by atoms with E-state index in [1.54, 1.807) is 0 Å². The molecule has 0 saturated heterocycles. The van der Waals surface area contributed by atoms with Crippen LogP contribution in [0.1, 0.15) is 64.4 Å². The van der Waals surface area contributed by atoms with Crippen molar-refractivity contribution in [2.75, 3.05) is 13.1 Å². The fourth-order valence-corrected chi connectivity index (χ4v) is 3.67. The molecule has 2 unspecified atom stereocenters. The lowest BCUT2D eigenvalue weighted by molar-refractivity contribution is 0.277. The summed E-state index contributed by atoms with van der Waals surface area (Å²) in [5.74, 6) is 3.31. The normalized spacial score (nSPS) is 25.5. The molecule has 1 nitrogen and oxygen atoms in total. The van der Waals surface area contributed by atoms with Crippen molar-refractivity contribution >= 4 is 0 Å². The van der Waals surface area contributed by atoms with Gasteiger partial charge in [-0.05, 0) is 61.6 Å². The number of nitrogens with one attached hydrogen (secondary N) is 1. The monoisotopic (exact) mass is 287 g/mol. The Morgan fingerprint density at radius 3 is 2.38 bits per heavy atom. The zero-order valence-electron chi connectivity index (χ0n) is 14.1. The maximum absolute atomic E-state index is 3.73. The molecule has 1 aliphatic carbocycles. The third kappa shape index (κ3) is 5.82. The molecule has 0 bridgehead atoms. The molecule has 1 aromatic carbocycles. The van der Waals surface area contributed by atoms with Crippen molar-refractivity contribution in [3.63, 3.8) is 0 Å². The standard InChI is InChI=1S/C20H33N/c1-16-9-11-19(12-10-16)15-21-14-17(2)13-18(3)20-7-5-4-6-8-20/h4-8,16-19,21H,9-15H2,1-3H3. The Balaban J connectivity index is 1.62. The zero-order chi connectivity index (χ0) is 15.1. The maximum Gasteiger partial charge on any atom is -0.00204 e. The first-order valence-electron chi connectivity index (χ1n) is 8.90. The van der Waals surface area contributed by atoms with Crippen molar-refractivity contribution in [1.82, 2.24) is 5.32 Å². The van der Waals surface area contributed by atoms with E-state index in [4.69, 9.17) is 0 Å². The Labute approximate surface area is 131 Å². The van der Waals surface area contributed by atoms with Gasteiger partial charge >= 0.3 is 0 Å². The second-order valence-electron chi connectivity index (χ2n) is 7.44. The quantitative estimate of drug-likeness (QED) is 0.724. The van der Waals surface area contributed by atoms with Gasteiger partial charge in [0.15, 0.2) is 0 Å². The molecule has 2 rings (SSSR count). The Bertz CT molecular complexity index is 378. The van der Waals surface area contributed by atoms with Gasteiger partial charge in [-0.2, -0.15) is 0 Å². The minimum Gasteiger partial charge on any atom is -0.316 e. The highest BCUT2D eigenvalue weighted by Gasteiger charge is 2.18. The molecule has 0 radical (unpaired) electrons. The van der Waals surface area contributed by atoms with Crippen molar-refractivity contribution in [2.24, 2.45) is 17.8 Å². The average Bonchev–Trinajstić information content (AvgIpc) is 2.50. The largest absolute Gasteiger partial charge is 0.316 e. The molecule has 2 atom stereocenters. The van der Waals surface area contributed by atoms with Gasteiger partial charge in [0.1, 0.15) is 0 Å². The van der Waals surface area contributed by atoms with Gasteiger partial charge in [-0.1, -0.05) is 63.9 Å². The summed E-state index contributed by atoms with van der Waals surface area (Å²) in [5.41, 5.74) is 1.48. The average molecular weight is 287 g/mol. The van der Waals surface area contributed by atoms with Crippen LogP contribution in [0.3, 0.4) is 0 Å². The summed E-state index contributed by atoms with van der Waals surface area (Å²) in [4.78, 5) is 0. The Morgan fingerprint density at radius 2 is 1.71 bits per heavy atom. The smallest absolute Gasteiger partial charge is 0.00204 e. The molecule has 1 aliphatic rings. The summed E-state index contributed by atoms with van der Waals surface area (Å²) < 4.78 is 0. The molecule has 0 aromatic heterocycles.